The maximum Gasteiger partial charge on any atom is 0.225 e. The first kappa shape index (κ1) is 18.2. The molecule has 26 heavy (non-hydrogen) atoms. The number of fused-ring (bicyclic) bond motifs is 1. The van der Waals surface area contributed by atoms with Gasteiger partial charge in [-0.05, 0) is 18.6 Å². The van der Waals surface area contributed by atoms with Crippen LogP contribution in [0.4, 0.5) is 0 Å². The molecule has 2 N–H and O–H groups in total. The maximum atomic E-state index is 12.1. The standard InChI is InChI=1S/C19H28N6O/c1-14(2)18(26)25-11-8-16(13-25)23-19(20-3)21-9-7-15-12-24-10-5-4-6-17(24)22-15/h4-6,10,12,14,16H,7-9,11,13H2,1-3H3,(H2,20,21,23). The lowest BCUT2D eigenvalue weighted by molar-refractivity contribution is -0.133. The summed E-state index contributed by atoms with van der Waals surface area (Å²) in [6.07, 6.45) is 5.83. The van der Waals surface area contributed by atoms with Gasteiger partial charge in [-0.2, -0.15) is 0 Å². The summed E-state index contributed by atoms with van der Waals surface area (Å²) in [5, 5.41) is 6.76. The van der Waals surface area contributed by atoms with Crippen LogP contribution in [0.25, 0.3) is 5.65 Å². The van der Waals surface area contributed by atoms with Crippen molar-refractivity contribution in [3.63, 3.8) is 0 Å². The minimum absolute atomic E-state index is 0.0524. The molecule has 0 aromatic carbocycles. The first-order chi connectivity index (χ1) is 12.6. The zero-order valence-electron chi connectivity index (χ0n) is 15.8. The summed E-state index contributed by atoms with van der Waals surface area (Å²) in [5.41, 5.74) is 2.01. The summed E-state index contributed by atoms with van der Waals surface area (Å²) in [6, 6.07) is 6.24. The number of guanidine groups is 1. The first-order valence-corrected chi connectivity index (χ1v) is 9.25. The summed E-state index contributed by atoms with van der Waals surface area (Å²) in [7, 11) is 1.77. The van der Waals surface area contributed by atoms with Crippen LogP contribution in [0.5, 0.6) is 0 Å². The predicted octanol–water partition coefficient (Wildman–Crippen LogP) is 1.30. The van der Waals surface area contributed by atoms with E-state index in [2.05, 4.69) is 26.8 Å². The van der Waals surface area contributed by atoms with Gasteiger partial charge in [-0.25, -0.2) is 4.98 Å². The van der Waals surface area contributed by atoms with E-state index in [0.29, 0.717) is 0 Å². The Morgan fingerprint density at radius 2 is 2.27 bits per heavy atom. The fraction of sp³-hybridized carbons (Fsp3) is 0.526. The molecule has 0 saturated carbocycles. The zero-order valence-corrected chi connectivity index (χ0v) is 15.8. The molecule has 0 radical (unpaired) electrons. The number of nitrogens with one attached hydrogen (secondary N) is 2. The minimum atomic E-state index is 0.0524. The van der Waals surface area contributed by atoms with Gasteiger partial charge in [-0.3, -0.25) is 9.79 Å². The molecule has 1 aliphatic rings. The second-order valence-corrected chi connectivity index (χ2v) is 7.02. The van der Waals surface area contributed by atoms with Crippen molar-refractivity contribution in [1.82, 2.24) is 24.9 Å². The number of hydrogen-bond acceptors (Lipinski definition) is 3. The summed E-state index contributed by atoms with van der Waals surface area (Å²) < 4.78 is 2.03. The molecule has 0 aliphatic carbocycles. The molecule has 1 amide bonds. The Bertz CT molecular complexity index is 748. The van der Waals surface area contributed by atoms with E-state index in [1.54, 1.807) is 7.05 Å². The Hall–Kier alpha value is -2.57. The number of aliphatic imine (C=N–C) groups is 1. The largest absolute Gasteiger partial charge is 0.356 e. The monoisotopic (exact) mass is 356 g/mol. The van der Waals surface area contributed by atoms with Crippen molar-refractivity contribution < 1.29 is 4.79 Å². The van der Waals surface area contributed by atoms with Crippen LogP contribution >= 0.6 is 0 Å². The van der Waals surface area contributed by atoms with Crippen LogP contribution in [0.1, 0.15) is 26.0 Å². The number of likely N-dealkylation sites (tertiary alicyclic amines) is 1. The maximum absolute atomic E-state index is 12.1. The van der Waals surface area contributed by atoms with Crippen LogP contribution in [0.2, 0.25) is 0 Å². The van der Waals surface area contributed by atoms with Crippen LogP contribution in [-0.2, 0) is 11.2 Å². The number of pyridine rings is 1. The van der Waals surface area contributed by atoms with Gasteiger partial charge in [-0.1, -0.05) is 19.9 Å². The highest BCUT2D eigenvalue weighted by Gasteiger charge is 2.27. The number of carbonyl (C=O) groups is 1. The molecule has 3 rings (SSSR count). The molecule has 7 nitrogen and oxygen atoms in total. The molecule has 0 spiro atoms. The molecule has 1 atom stereocenters. The molecular weight excluding hydrogens is 328 g/mol. The molecule has 2 aromatic rings. The second-order valence-electron chi connectivity index (χ2n) is 7.02. The topological polar surface area (TPSA) is 74.0 Å². The van der Waals surface area contributed by atoms with Gasteiger partial charge in [0.05, 0.1) is 5.69 Å². The van der Waals surface area contributed by atoms with Crippen LogP contribution in [0.15, 0.2) is 35.6 Å². The van der Waals surface area contributed by atoms with E-state index >= 15 is 0 Å². The molecule has 1 unspecified atom stereocenters. The number of imidazole rings is 1. The number of amides is 1. The van der Waals surface area contributed by atoms with Crippen molar-refractivity contribution in [1.29, 1.82) is 0 Å². The molecule has 3 heterocycles. The molecule has 2 aromatic heterocycles. The van der Waals surface area contributed by atoms with Gasteiger partial charge in [0.2, 0.25) is 5.91 Å². The molecule has 1 aliphatic heterocycles. The third-order valence-electron chi connectivity index (χ3n) is 4.65. The van der Waals surface area contributed by atoms with Crippen LogP contribution < -0.4 is 10.6 Å². The van der Waals surface area contributed by atoms with Gasteiger partial charge < -0.3 is 19.9 Å². The van der Waals surface area contributed by atoms with E-state index in [4.69, 9.17) is 0 Å². The molecular formula is C19H28N6O. The fourth-order valence-corrected chi connectivity index (χ4v) is 3.25. The fourth-order valence-electron chi connectivity index (χ4n) is 3.25. The highest BCUT2D eigenvalue weighted by molar-refractivity contribution is 5.81. The van der Waals surface area contributed by atoms with Crippen LogP contribution in [0, 0.1) is 5.92 Å². The Morgan fingerprint density at radius 1 is 1.42 bits per heavy atom. The molecule has 140 valence electrons. The highest BCUT2D eigenvalue weighted by atomic mass is 16.2. The normalized spacial score (nSPS) is 17.9. The van der Waals surface area contributed by atoms with Crippen molar-refractivity contribution in [2.45, 2.75) is 32.7 Å². The van der Waals surface area contributed by atoms with Crippen molar-refractivity contribution in [2.75, 3.05) is 26.7 Å². The molecule has 1 fully saturated rings. The number of rotatable bonds is 5. The van der Waals surface area contributed by atoms with E-state index in [1.807, 2.05) is 47.5 Å². The summed E-state index contributed by atoms with van der Waals surface area (Å²) in [4.78, 5) is 22.9. The average molecular weight is 356 g/mol. The number of hydrogen-bond donors (Lipinski definition) is 2. The van der Waals surface area contributed by atoms with Crippen molar-refractivity contribution in [2.24, 2.45) is 10.9 Å². The van der Waals surface area contributed by atoms with E-state index in [1.165, 1.54) is 0 Å². The lowest BCUT2D eigenvalue weighted by Crippen LogP contribution is -2.45. The van der Waals surface area contributed by atoms with Gasteiger partial charge in [0.1, 0.15) is 5.65 Å². The summed E-state index contributed by atoms with van der Waals surface area (Å²) >= 11 is 0. The molecule has 7 heteroatoms. The number of nitrogens with zero attached hydrogens (tertiary/aromatic N) is 4. The Balaban J connectivity index is 1.46. The van der Waals surface area contributed by atoms with Gasteiger partial charge in [0.15, 0.2) is 5.96 Å². The average Bonchev–Trinajstić information content (AvgIpc) is 3.26. The van der Waals surface area contributed by atoms with Crippen molar-refractivity contribution in [3.05, 3.63) is 36.3 Å². The number of carbonyl (C=O) groups excluding carboxylic acids is 1. The quantitative estimate of drug-likeness (QED) is 0.626. The van der Waals surface area contributed by atoms with Gasteiger partial charge in [0, 0.05) is 57.5 Å². The van der Waals surface area contributed by atoms with Crippen LogP contribution in [0.3, 0.4) is 0 Å². The van der Waals surface area contributed by atoms with E-state index < -0.39 is 0 Å². The third-order valence-corrected chi connectivity index (χ3v) is 4.65. The van der Waals surface area contributed by atoms with Crippen molar-refractivity contribution >= 4 is 17.5 Å². The number of aromatic nitrogens is 2. The van der Waals surface area contributed by atoms with E-state index in [0.717, 1.165) is 49.8 Å². The smallest absolute Gasteiger partial charge is 0.225 e. The lowest BCUT2D eigenvalue weighted by atomic mass is 10.2. The lowest BCUT2D eigenvalue weighted by Gasteiger charge is -2.20. The predicted molar refractivity (Wildman–Crippen MR) is 103 cm³/mol. The van der Waals surface area contributed by atoms with Gasteiger partial charge in [-0.15, -0.1) is 0 Å². The Kier molecular flexibility index (Phi) is 5.75. The molecule has 0 bridgehead atoms. The Morgan fingerprint density at radius 3 is 3.00 bits per heavy atom. The van der Waals surface area contributed by atoms with Crippen molar-refractivity contribution in [3.8, 4) is 0 Å². The summed E-state index contributed by atoms with van der Waals surface area (Å²) in [6.45, 7) is 6.20. The molecule has 1 saturated heterocycles. The van der Waals surface area contributed by atoms with Gasteiger partial charge in [0.25, 0.3) is 0 Å². The zero-order chi connectivity index (χ0) is 18.5. The minimum Gasteiger partial charge on any atom is -0.356 e. The highest BCUT2D eigenvalue weighted by Crippen LogP contribution is 2.12. The van der Waals surface area contributed by atoms with E-state index in [9.17, 15) is 4.79 Å². The SMILES string of the molecule is CN=C(NCCc1cn2ccccc2n1)NC1CCN(C(=O)C(C)C)C1. The summed E-state index contributed by atoms with van der Waals surface area (Å²) in [5.74, 6) is 1.05. The van der Waals surface area contributed by atoms with Crippen LogP contribution in [-0.4, -0.2) is 58.9 Å². The first-order valence-electron chi connectivity index (χ1n) is 9.25. The van der Waals surface area contributed by atoms with E-state index in [-0.39, 0.29) is 17.9 Å². The Labute approximate surface area is 154 Å². The second kappa shape index (κ2) is 8.21. The van der Waals surface area contributed by atoms with Gasteiger partial charge >= 0.3 is 0 Å². The third kappa shape index (κ3) is 4.33.